The Hall–Kier alpha value is -3.10. The normalized spacial score (nSPS) is 18.8. The van der Waals surface area contributed by atoms with Gasteiger partial charge in [0.05, 0.1) is 17.8 Å². The standard InChI is InChI=1S/C21H14F6O3/c1-2-30-17-15(18(28)20(22,23)24)13-9-5-7-11-6-3-4-8-12(10-11)14(13)16(17)19(29)21(25,26)27/h3-9H,2,10H2,1H3. The van der Waals surface area contributed by atoms with Gasteiger partial charge in [0.25, 0.3) is 11.6 Å². The van der Waals surface area contributed by atoms with Gasteiger partial charge in [-0.3, -0.25) is 9.59 Å². The monoisotopic (exact) mass is 428 g/mol. The number of allylic oxidation sites excluding steroid dienone is 13. The van der Waals surface area contributed by atoms with Crippen LogP contribution in [-0.4, -0.2) is 30.5 Å². The predicted octanol–water partition coefficient (Wildman–Crippen LogP) is 5.16. The number of alkyl halides is 6. The second-order valence-corrected chi connectivity index (χ2v) is 6.48. The molecule has 3 aliphatic carbocycles. The van der Waals surface area contributed by atoms with Gasteiger partial charge in [0.15, 0.2) is 0 Å². The fourth-order valence-corrected chi connectivity index (χ4v) is 3.38. The number of fused-ring (bicyclic) bond motifs is 4. The minimum Gasteiger partial charge on any atom is -0.492 e. The van der Waals surface area contributed by atoms with Crippen LogP contribution in [0.2, 0.25) is 0 Å². The lowest BCUT2D eigenvalue weighted by atomic mass is 9.87. The van der Waals surface area contributed by atoms with E-state index in [9.17, 15) is 35.9 Å². The van der Waals surface area contributed by atoms with Crippen LogP contribution in [0.15, 0.2) is 81.7 Å². The quantitative estimate of drug-likeness (QED) is 0.581. The number of ketones is 2. The lowest BCUT2D eigenvalue weighted by molar-refractivity contribution is -0.167. The molecule has 3 nitrogen and oxygen atoms in total. The molecular weight excluding hydrogens is 414 g/mol. The molecule has 158 valence electrons. The Balaban J connectivity index is 2.40. The number of carbonyl (C=O) groups is 2. The van der Waals surface area contributed by atoms with E-state index in [0.29, 0.717) is 5.57 Å². The van der Waals surface area contributed by atoms with Gasteiger partial charge in [0, 0.05) is 5.57 Å². The van der Waals surface area contributed by atoms with Crippen molar-refractivity contribution in [2.45, 2.75) is 25.7 Å². The first-order valence-electron chi connectivity index (χ1n) is 8.77. The van der Waals surface area contributed by atoms with E-state index in [4.69, 9.17) is 4.74 Å². The summed E-state index contributed by atoms with van der Waals surface area (Å²) >= 11 is 0. The first-order chi connectivity index (χ1) is 14.0. The molecule has 0 aromatic rings. The molecule has 0 saturated carbocycles. The average Bonchev–Trinajstić information content (AvgIpc) is 2.78. The third kappa shape index (κ3) is 3.83. The van der Waals surface area contributed by atoms with Crippen molar-refractivity contribution < 1.29 is 40.7 Å². The van der Waals surface area contributed by atoms with Gasteiger partial charge in [-0.1, -0.05) is 42.5 Å². The Kier molecular flexibility index (Phi) is 5.49. The number of hydrogen-bond acceptors (Lipinski definition) is 3. The van der Waals surface area contributed by atoms with Gasteiger partial charge in [-0.15, -0.1) is 0 Å². The maximum absolute atomic E-state index is 13.4. The maximum atomic E-state index is 13.4. The molecule has 0 spiro atoms. The largest absolute Gasteiger partial charge is 0.492 e. The summed E-state index contributed by atoms with van der Waals surface area (Å²) in [6.45, 7) is 0.978. The molecule has 30 heavy (non-hydrogen) atoms. The van der Waals surface area contributed by atoms with Gasteiger partial charge in [-0.25, -0.2) is 0 Å². The fourth-order valence-electron chi connectivity index (χ4n) is 3.38. The minimum atomic E-state index is -5.38. The van der Waals surface area contributed by atoms with Crippen LogP contribution in [0.3, 0.4) is 0 Å². The van der Waals surface area contributed by atoms with Gasteiger partial charge >= 0.3 is 12.4 Å². The zero-order valence-electron chi connectivity index (χ0n) is 15.4. The van der Waals surface area contributed by atoms with E-state index in [1.165, 1.54) is 25.2 Å². The molecular formula is C21H14F6O3. The molecule has 3 aliphatic rings. The summed E-state index contributed by atoms with van der Waals surface area (Å²) in [7, 11) is 0. The maximum Gasteiger partial charge on any atom is 0.455 e. The van der Waals surface area contributed by atoms with Crippen LogP contribution in [-0.2, 0) is 14.3 Å². The van der Waals surface area contributed by atoms with Crippen molar-refractivity contribution in [3.8, 4) is 0 Å². The van der Waals surface area contributed by atoms with Gasteiger partial charge in [0.2, 0.25) is 0 Å². The third-order valence-electron chi connectivity index (χ3n) is 4.51. The number of carbonyl (C=O) groups excluding carboxylic acids is 2. The lowest BCUT2D eigenvalue weighted by Crippen LogP contribution is -2.28. The zero-order valence-corrected chi connectivity index (χ0v) is 15.4. The molecule has 0 atom stereocenters. The van der Waals surface area contributed by atoms with Gasteiger partial charge in [-0.2, -0.15) is 26.3 Å². The van der Waals surface area contributed by atoms with Crippen molar-refractivity contribution in [2.24, 2.45) is 0 Å². The predicted molar refractivity (Wildman–Crippen MR) is 94.9 cm³/mol. The number of halogens is 6. The Morgan fingerprint density at radius 3 is 2.10 bits per heavy atom. The van der Waals surface area contributed by atoms with Gasteiger partial charge in [0.1, 0.15) is 5.76 Å². The molecule has 0 aromatic heterocycles. The van der Waals surface area contributed by atoms with Crippen LogP contribution >= 0.6 is 0 Å². The Labute approximate surface area is 167 Å². The lowest BCUT2D eigenvalue weighted by Gasteiger charge is -2.17. The first-order valence-corrected chi connectivity index (χ1v) is 8.77. The van der Waals surface area contributed by atoms with Crippen LogP contribution in [0.4, 0.5) is 26.3 Å². The number of rotatable bonds is 4. The molecule has 0 unspecified atom stereocenters. The Morgan fingerprint density at radius 2 is 1.50 bits per heavy atom. The smallest absolute Gasteiger partial charge is 0.455 e. The van der Waals surface area contributed by atoms with Crippen molar-refractivity contribution >= 4 is 11.6 Å². The van der Waals surface area contributed by atoms with Crippen LogP contribution in [0.5, 0.6) is 0 Å². The van der Waals surface area contributed by atoms with E-state index in [0.717, 1.165) is 6.08 Å². The van der Waals surface area contributed by atoms with E-state index in [-0.39, 0.29) is 24.2 Å². The molecule has 0 saturated heterocycles. The second kappa shape index (κ2) is 7.62. The average molecular weight is 428 g/mol. The Morgan fingerprint density at radius 1 is 0.900 bits per heavy atom. The SMILES string of the molecule is CCOC1=C(C(=O)C(F)(F)F)C2=CC=CC3=CC=CC=C(C3)C2=C1C(=O)C(F)(F)F. The van der Waals surface area contributed by atoms with Crippen LogP contribution < -0.4 is 0 Å². The molecule has 0 fully saturated rings. The molecule has 0 heterocycles. The second-order valence-electron chi connectivity index (χ2n) is 6.48. The molecule has 0 aromatic carbocycles. The van der Waals surface area contributed by atoms with E-state index in [1.54, 1.807) is 18.2 Å². The molecule has 0 aliphatic heterocycles. The summed E-state index contributed by atoms with van der Waals surface area (Å²) in [5, 5.41) is 0. The van der Waals surface area contributed by atoms with Crippen molar-refractivity contribution in [2.75, 3.05) is 6.61 Å². The topological polar surface area (TPSA) is 43.4 Å². The molecule has 3 rings (SSSR count). The molecule has 0 amide bonds. The summed E-state index contributed by atoms with van der Waals surface area (Å²) in [5.41, 5.74) is -2.16. The minimum absolute atomic E-state index is 0.0533. The summed E-state index contributed by atoms with van der Waals surface area (Å²) in [4.78, 5) is 24.4. The highest BCUT2D eigenvalue weighted by atomic mass is 19.4. The number of Topliss-reactive ketones (excluding diaryl/α,β-unsaturated/α-hetero) is 2. The molecule has 2 bridgehead atoms. The van der Waals surface area contributed by atoms with Crippen molar-refractivity contribution in [3.63, 3.8) is 0 Å². The van der Waals surface area contributed by atoms with Crippen molar-refractivity contribution in [1.29, 1.82) is 0 Å². The van der Waals surface area contributed by atoms with Crippen LogP contribution in [0, 0.1) is 0 Å². The summed E-state index contributed by atoms with van der Waals surface area (Å²) in [6.07, 6.45) is -0.549. The van der Waals surface area contributed by atoms with Crippen LogP contribution in [0.1, 0.15) is 13.3 Å². The summed E-state index contributed by atoms with van der Waals surface area (Å²) in [5.74, 6) is -5.76. The van der Waals surface area contributed by atoms with Gasteiger partial charge < -0.3 is 4.74 Å². The highest BCUT2D eigenvalue weighted by molar-refractivity contribution is 6.15. The van der Waals surface area contributed by atoms with Crippen LogP contribution in [0.25, 0.3) is 0 Å². The summed E-state index contributed by atoms with van der Waals surface area (Å²) < 4.78 is 85.0. The number of ether oxygens (including phenoxy) is 1. The molecule has 0 radical (unpaired) electrons. The molecule has 0 N–H and O–H groups in total. The van der Waals surface area contributed by atoms with Crippen molar-refractivity contribution in [1.82, 2.24) is 0 Å². The summed E-state index contributed by atoms with van der Waals surface area (Å²) in [6, 6.07) is 0. The highest BCUT2D eigenvalue weighted by Gasteiger charge is 2.52. The number of hydrogen-bond donors (Lipinski definition) is 0. The zero-order chi connectivity index (χ0) is 22.3. The van der Waals surface area contributed by atoms with Gasteiger partial charge in [-0.05, 0) is 30.1 Å². The first kappa shape index (κ1) is 21.6. The van der Waals surface area contributed by atoms with Crippen molar-refractivity contribution in [3.05, 3.63) is 81.7 Å². The van der Waals surface area contributed by atoms with E-state index in [1.807, 2.05) is 0 Å². The Bertz CT molecular complexity index is 1020. The third-order valence-corrected chi connectivity index (χ3v) is 4.51. The van der Waals surface area contributed by atoms with E-state index < -0.39 is 46.4 Å². The molecule has 9 heteroatoms. The van der Waals surface area contributed by atoms with E-state index >= 15 is 0 Å². The highest BCUT2D eigenvalue weighted by Crippen LogP contribution is 2.48. The van der Waals surface area contributed by atoms with E-state index in [2.05, 4.69) is 0 Å². The fraction of sp³-hybridized carbons (Fsp3) is 0.238.